The van der Waals surface area contributed by atoms with E-state index in [0.717, 1.165) is 6.42 Å². The van der Waals surface area contributed by atoms with Gasteiger partial charge in [0.2, 0.25) is 5.91 Å². The highest BCUT2D eigenvalue weighted by molar-refractivity contribution is 7.90. The van der Waals surface area contributed by atoms with Crippen LogP contribution < -0.4 is 4.72 Å². The quantitative estimate of drug-likeness (QED) is 0.784. The third-order valence-electron chi connectivity index (χ3n) is 4.04. The number of hydrogen-bond acceptors (Lipinski definition) is 4. The summed E-state index contributed by atoms with van der Waals surface area (Å²) >= 11 is -1.27. The Hall–Kier alpha value is -0.300. The zero-order valence-electron chi connectivity index (χ0n) is 14.2. The minimum absolute atomic E-state index is 0.0303. The lowest BCUT2D eigenvalue weighted by atomic mass is 9.81. The molecule has 0 saturated carbocycles. The van der Waals surface area contributed by atoms with Crippen LogP contribution in [0.1, 0.15) is 48.0 Å². The molecule has 0 radical (unpaired) electrons. The van der Waals surface area contributed by atoms with E-state index in [1.807, 2.05) is 39.5 Å². The van der Waals surface area contributed by atoms with Gasteiger partial charge in [0.25, 0.3) is 0 Å². The summed E-state index contributed by atoms with van der Waals surface area (Å²) < 4.78 is 20.4. The molecule has 1 saturated heterocycles. The van der Waals surface area contributed by atoms with Crippen molar-refractivity contribution in [3.8, 4) is 0 Å². The molecule has 124 valence electrons. The van der Waals surface area contributed by atoms with Crippen LogP contribution in [-0.2, 0) is 20.9 Å². The molecule has 1 heterocycles. The zero-order valence-corrected chi connectivity index (χ0v) is 15.0. The van der Waals surface area contributed by atoms with Crippen LogP contribution in [0.25, 0.3) is 0 Å². The van der Waals surface area contributed by atoms with Gasteiger partial charge in [-0.3, -0.25) is 4.79 Å². The summed E-state index contributed by atoms with van der Waals surface area (Å²) in [5.74, 6) is 0.0303. The van der Waals surface area contributed by atoms with E-state index in [4.69, 9.17) is 4.74 Å². The van der Waals surface area contributed by atoms with Gasteiger partial charge < -0.3 is 14.2 Å². The van der Waals surface area contributed by atoms with Crippen LogP contribution in [0.5, 0.6) is 0 Å². The molecule has 1 aliphatic heterocycles. The number of carbonyl (C=O) groups excluding carboxylic acids is 1. The molecule has 1 amide bonds. The molecule has 0 aromatic rings. The molecule has 0 aromatic heterocycles. The Kier molecular flexibility index (Phi) is 6.53. The molecule has 21 heavy (non-hydrogen) atoms. The second-order valence-electron chi connectivity index (χ2n) is 7.21. The Balaban J connectivity index is 2.89. The molecule has 1 aliphatic rings. The number of nitrogens with one attached hydrogen (secondary N) is 1. The maximum Gasteiger partial charge on any atom is 0.244 e. The molecule has 0 bridgehead atoms. The average Bonchev–Trinajstić information content (AvgIpc) is 2.43. The van der Waals surface area contributed by atoms with Crippen LogP contribution in [0, 0.1) is 5.41 Å². The van der Waals surface area contributed by atoms with Gasteiger partial charge >= 0.3 is 0 Å². The van der Waals surface area contributed by atoms with Crippen molar-refractivity contribution in [1.82, 2.24) is 9.62 Å². The number of rotatable bonds is 5. The fraction of sp³-hybridized carbons (Fsp3) is 0.933. The maximum absolute atomic E-state index is 12.8. The normalized spacial score (nSPS) is 20.2. The summed E-state index contributed by atoms with van der Waals surface area (Å²) in [5.41, 5.74) is -0.254. The molecule has 6 heteroatoms. The number of amides is 1. The zero-order chi connectivity index (χ0) is 16.3. The van der Waals surface area contributed by atoms with Crippen LogP contribution in [0.2, 0.25) is 0 Å². The van der Waals surface area contributed by atoms with E-state index in [2.05, 4.69) is 11.6 Å². The van der Waals surface area contributed by atoms with Crippen molar-refractivity contribution in [2.24, 2.45) is 5.41 Å². The van der Waals surface area contributed by atoms with Crippen molar-refractivity contribution in [3.05, 3.63) is 0 Å². The highest BCUT2D eigenvalue weighted by atomic mass is 32.2. The molecule has 0 aliphatic carbocycles. The smallest absolute Gasteiger partial charge is 0.244 e. The fourth-order valence-corrected chi connectivity index (χ4v) is 2.99. The lowest BCUT2D eigenvalue weighted by molar-refractivity contribution is -0.140. The molecule has 5 nitrogen and oxygen atoms in total. The second-order valence-corrected chi connectivity index (χ2v) is 9.21. The first kappa shape index (κ1) is 18.7. The second kappa shape index (κ2) is 7.31. The van der Waals surface area contributed by atoms with Gasteiger partial charge in [0.1, 0.15) is 10.8 Å². The van der Waals surface area contributed by atoms with E-state index in [9.17, 15) is 9.35 Å². The van der Waals surface area contributed by atoms with Gasteiger partial charge in [0.05, 0.1) is 13.2 Å². The first-order chi connectivity index (χ1) is 9.59. The summed E-state index contributed by atoms with van der Waals surface area (Å²) in [4.78, 5) is 14.7. The van der Waals surface area contributed by atoms with Gasteiger partial charge in [-0.15, -0.1) is 4.72 Å². The SMILES string of the molecule is CCC(C)(C)[C@@H](N[S@@+]([O-])C(C)(C)C)C(=O)N1CCOCC1. The van der Waals surface area contributed by atoms with Crippen molar-refractivity contribution >= 4 is 17.3 Å². The number of ether oxygens (including phenoxy) is 1. The van der Waals surface area contributed by atoms with Crippen LogP contribution in [0.3, 0.4) is 0 Å². The van der Waals surface area contributed by atoms with Gasteiger partial charge in [0.15, 0.2) is 0 Å². The Morgan fingerprint density at radius 1 is 1.29 bits per heavy atom. The van der Waals surface area contributed by atoms with Crippen LogP contribution in [0.15, 0.2) is 0 Å². The Bertz CT molecular complexity index is 349. The van der Waals surface area contributed by atoms with Crippen molar-refractivity contribution in [2.45, 2.75) is 58.8 Å². The molecular weight excluding hydrogens is 288 g/mol. The van der Waals surface area contributed by atoms with E-state index in [1.54, 1.807) is 0 Å². The van der Waals surface area contributed by atoms with E-state index < -0.39 is 22.2 Å². The minimum Gasteiger partial charge on any atom is -0.598 e. The van der Waals surface area contributed by atoms with Crippen LogP contribution >= 0.6 is 0 Å². The highest BCUT2D eigenvalue weighted by Gasteiger charge is 2.42. The van der Waals surface area contributed by atoms with Crippen molar-refractivity contribution in [3.63, 3.8) is 0 Å². The summed E-state index contributed by atoms with van der Waals surface area (Å²) in [6, 6.07) is -0.444. The first-order valence-corrected chi connectivity index (χ1v) is 8.79. The summed E-state index contributed by atoms with van der Waals surface area (Å²) in [5, 5.41) is 0. The predicted molar refractivity (Wildman–Crippen MR) is 86.3 cm³/mol. The minimum atomic E-state index is -1.27. The summed E-state index contributed by atoms with van der Waals surface area (Å²) in [6.07, 6.45) is 0.835. The lowest BCUT2D eigenvalue weighted by Crippen LogP contribution is -2.59. The van der Waals surface area contributed by atoms with Crippen LogP contribution in [0.4, 0.5) is 0 Å². The number of morpholine rings is 1. The van der Waals surface area contributed by atoms with Gasteiger partial charge in [-0.05, 0) is 32.6 Å². The number of nitrogens with zero attached hydrogens (tertiary/aromatic N) is 1. The van der Waals surface area contributed by atoms with E-state index in [1.165, 1.54) is 0 Å². The topological polar surface area (TPSA) is 64.6 Å². The van der Waals surface area contributed by atoms with E-state index >= 15 is 0 Å². The van der Waals surface area contributed by atoms with Crippen molar-refractivity contribution in [1.29, 1.82) is 0 Å². The van der Waals surface area contributed by atoms with Gasteiger partial charge in [0, 0.05) is 24.5 Å². The Morgan fingerprint density at radius 3 is 2.24 bits per heavy atom. The van der Waals surface area contributed by atoms with Gasteiger partial charge in [-0.25, -0.2) is 0 Å². The Labute approximate surface area is 132 Å². The molecular formula is C15H30N2O3S. The lowest BCUT2D eigenvalue weighted by Gasteiger charge is -2.39. The third-order valence-corrected chi connectivity index (χ3v) is 5.61. The third kappa shape index (κ3) is 5.13. The molecule has 0 aromatic carbocycles. The van der Waals surface area contributed by atoms with Crippen molar-refractivity contribution < 1.29 is 14.1 Å². The van der Waals surface area contributed by atoms with E-state index in [0.29, 0.717) is 26.3 Å². The monoisotopic (exact) mass is 318 g/mol. The van der Waals surface area contributed by atoms with Crippen LogP contribution in [-0.4, -0.2) is 52.5 Å². The molecule has 0 spiro atoms. The highest BCUT2D eigenvalue weighted by Crippen LogP contribution is 2.28. The summed E-state index contributed by atoms with van der Waals surface area (Å²) in [6.45, 7) is 14.2. The standard InChI is InChI=1S/C15H30N2O3S/c1-7-15(5,6)12(16-21(19)14(2,3)4)13(18)17-8-10-20-11-9-17/h12,16H,7-11H2,1-6H3/t12-,21-/m0/s1. The fourth-order valence-electron chi connectivity index (χ4n) is 2.00. The molecule has 1 rings (SSSR count). The van der Waals surface area contributed by atoms with Gasteiger partial charge in [-0.1, -0.05) is 20.8 Å². The van der Waals surface area contributed by atoms with Gasteiger partial charge in [-0.2, -0.15) is 0 Å². The molecule has 1 N–H and O–H groups in total. The maximum atomic E-state index is 12.8. The first-order valence-electron chi connectivity index (χ1n) is 7.64. The molecule has 0 unspecified atom stereocenters. The van der Waals surface area contributed by atoms with E-state index in [-0.39, 0.29) is 11.3 Å². The number of carbonyl (C=O) groups is 1. The Morgan fingerprint density at radius 2 is 1.81 bits per heavy atom. The average molecular weight is 318 g/mol. The summed E-state index contributed by atoms with van der Waals surface area (Å²) in [7, 11) is 0. The molecule has 1 fully saturated rings. The number of hydrogen-bond donors (Lipinski definition) is 1. The largest absolute Gasteiger partial charge is 0.598 e. The predicted octanol–water partition coefficient (Wildman–Crippen LogP) is 1.70. The molecule has 2 atom stereocenters. The van der Waals surface area contributed by atoms with Crippen molar-refractivity contribution in [2.75, 3.05) is 26.3 Å².